The molecule has 0 aromatic heterocycles. The van der Waals surface area contributed by atoms with E-state index in [4.69, 9.17) is 5.73 Å². The van der Waals surface area contributed by atoms with Gasteiger partial charge in [-0.25, -0.2) is 4.39 Å². The van der Waals surface area contributed by atoms with Crippen LogP contribution < -0.4 is 16.4 Å². The number of benzene rings is 1. The van der Waals surface area contributed by atoms with Gasteiger partial charge < -0.3 is 16.4 Å². The number of carbonyl (C=O) groups is 1. The Kier molecular flexibility index (Phi) is 3.93. The predicted octanol–water partition coefficient (Wildman–Crippen LogP) is 0.440. The van der Waals surface area contributed by atoms with E-state index < -0.39 is 0 Å². The monoisotopic (exact) mass is 251 g/mol. The van der Waals surface area contributed by atoms with E-state index in [2.05, 4.69) is 10.6 Å². The lowest BCUT2D eigenvalue weighted by Crippen LogP contribution is -2.48. The number of amides is 1. The predicted molar refractivity (Wildman–Crippen MR) is 67.4 cm³/mol. The molecule has 4 N–H and O–H groups in total. The molecular formula is C13H18FN3O. The van der Waals surface area contributed by atoms with Crippen LogP contribution in [0.25, 0.3) is 0 Å². The summed E-state index contributed by atoms with van der Waals surface area (Å²) < 4.78 is 13.7. The van der Waals surface area contributed by atoms with Crippen LogP contribution in [0.3, 0.4) is 0 Å². The van der Waals surface area contributed by atoms with E-state index in [0.717, 1.165) is 13.0 Å². The standard InChI is InChI=1S/C13H18FN3O/c1-8-3-2-4-9(11(8)14)7-17-13(18)12-10(15)5-6-16-12/h2-4,10,12,16H,5-7,15H2,1H3,(H,17,18). The van der Waals surface area contributed by atoms with E-state index in [1.807, 2.05) is 0 Å². The molecule has 4 nitrogen and oxygen atoms in total. The van der Waals surface area contributed by atoms with Gasteiger partial charge in [0.1, 0.15) is 11.9 Å². The molecule has 0 saturated carbocycles. The van der Waals surface area contributed by atoms with E-state index in [9.17, 15) is 9.18 Å². The molecule has 0 bridgehead atoms. The first kappa shape index (κ1) is 13.0. The van der Waals surface area contributed by atoms with Gasteiger partial charge in [-0.2, -0.15) is 0 Å². The average molecular weight is 251 g/mol. The fourth-order valence-corrected chi connectivity index (χ4v) is 2.15. The molecule has 1 aliphatic heterocycles. The molecule has 2 unspecified atom stereocenters. The zero-order chi connectivity index (χ0) is 13.1. The van der Waals surface area contributed by atoms with E-state index in [-0.39, 0.29) is 30.4 Å². The first-order valence-electron chi connectivity index (χ1n) is 6.10. The van der Waals surface area contributed by atoms with Crippen LogP contribution in [0.1, 0.15) is 17.5 Å². The lowest BCUT2D eigenvalue weighted by Gasteiger charge is -2.15. The van der Waals surface area contributed by atoms with Gasteiger partial charge in [-0.1, -0.05) is 18.2 Å². The second kappa shape index (κ2) is 5.46. The molecule has 1 aliphatic rings. The van der Waals surface area contributed by atoms with Gasteiger partial charge in [-0.15, -0.1) is 0 Å². The summed E-state index contributed by atoms with van der Waals surface area (Å²) in [7, 11) is 0. The number of nitrogens with two attached hydrogens (primary N) is 1. The minimum absolute atomic E-state index is 0.160. The minimum atomic E-state index is -0.363. The van der Waals surface area contributed by atoms with E-state index >= 15 is 0 Å². The maximum absolute atomic E-state index is 13.7. The van der Waals surface area contributed by atoms with Crippen molar-refractivity contribution in [2.24, 2.45) is 5.73 Å². The van der Waals surface area contributed by atoms with Gasteiger partial charge >= 0.3 is 0 Å². The largest absolute Gasteiger partial charge is 0.351 e. The molecule has 2 rings (SSSR count). The van der Waals surface area contributed by atoms with Crippen molar-refractivity contribution < 1.29 is 9.18 Å². The van der Waals surface area contributed by atoms with Crippen molar-refractivity contribution in [2.45, 2.75) is 32.0 Å². The Hall–Kier alpha value is -1.46. The highest BCUT2D eigenvalue weighted by Crippen LogP contribution is 2.12. The van der Waals surface area contributed by atoms with Crippen LogP contribution in [0, 0.1) is 12.7 Å². The molecule has 0 radical (unpaired) electrons. The van der Waals surface area contributed by atoms with Crippen molar-refractivity contribution in [3.8, 4) is 0 Å². The maximum Gasteiger partial charge on any atom is 0.239 e. The van der Waals surface area contributed by atoms with Crippen molar-refractivity contribution in [2.75, 3.05) is 6.54 Å². The van der Waals surface area contributed by atoms with Gasteiger partial charge in [0.05, 0.1) is 0 Å². The number of nitrogens with one attached hydrogen (secondary N) is 2. The zero-order valence-electron chi connectivity index (χ0n) is 10.4. The van der Waals surface area contributed by atoms with Crippen molar-refractivity contribution in [1.82, 2.24) is 10.6 Å². The molecule has 1 fully saturated rings. The van der Waals surface area contributed by atoms with Crippen LogP contribution in [0.15, 0.2) is 18.2 Å². The number of rotatable bonds is 3. The van der Waals surface area contributed by atoms with E-state index in [1.165, 1.54) is 0 Å². The third kappa shape index (κ3) is 2.68. The topological polar surface area (TPSA) is 67.2 Å². The summed E-state index contributed by atoms with van der Waals surface area (Å²) in [4.78, 5) is 11.8. The minimum Gasteiger partial charge on any atom is -0.351 e. The SMILES string of the molecule is Cc1cccc(CNC(=O)C2NCCC2N)c1F. The van der Waals surface area contributed by atoms with Crippen LogP contribution >= 0.6 is 0 Å². The van der Waals surface area contributed by atoms with Gasteiger partial charge in [0.2, 0.25) is 5.91 Å². The molecule has 0 aliphatic carbocycles. The summed E-state index contributed by atoms with van der Waals surface area (Å²) in [6, 6.07) is 4.63. The smallest absolute Gasteiger partial charge is 0.239 e. The summed E-state index contributed by atoms with van der Waals surface area (Å²) in [5.41, 5.74) is 6.88. The van der Waals surface area contributed by atoms with E-state index in [0.29, 0.717) is 11.1 Å². The van der Waals surface area contributed by atoms with Crippen molar-refractivity contribution in [3.05, 3.63) is 35.1 Å². The molecule has 0 spiro atoms. The first-order valence-corrected chi connectivity index (χ1v) is 6.10. The van der Waals surface area contributed by atoms with Crippen molar-refractivity contribution >= 4 is 5.91 Å². The third-order valence-corrected chi connectivity index (χ3v) is 3.28. The second-order valence-corrected chi connectivity index (χ2v) is 4.65. The quantitative estimate of drug-likeness (QED) is 0.730. The molecule has 18 heavy (non-hydrogen) atoms. The molecule has 1 aromatic carbocycles. The van der Waals surface area contributed by atoms with Gasteiger partial charge in [-0.3, -0.25) is 4.79 Å². The molecule has 1 saturated heterocycles. The third-order valence-electron chi connectivity index (χ3n) is 3.28. The van der Waals surface area contributed by atoms with Gasteiger partial charge in [0, 0.05) is 18.2 Å². The highest BCUT2D eigenvalue weighted by molar-refractivity contribution is 5.82. The van der Waals surface area contributed by atoms with Crippen molar-refractivity contribution in [1.29, 1.82) is 0 Å². The summed E-state index contributed by atoms with van der Waals surface area (Å²) in [5.74, 6) is -0.428. The zero-order valence-corrected chi connectivity index (χ0v) is 10.4. The lowest BCUT2D eigenvalue weighted by molar-refractivity contribution is -0.123. The first-order chi connectivity index (χ1) is 8.59. The summed E-state index contributed by atoms with van der Waals surface area (Å²) in [5, 5.41) is 5.76. The molecule has 1 aromatic rings. The van der Waals surface area contributed by atoms with Gasteiger partial charge in [0.25, 0.3) is 0 Å². The molecule has 5 heteroatoms. The average Bonchev–Trinajstić information content (AvgIpc) is 2.77. The number of carbonyl (C=O) groups excluding carboxylic acids is 1. The number of hydrogen-bond donors (Lipinski definition) is 3. The molecule has 1 amide bonds. The molecular weight excluding hydrogens is 233 g/mol. The van der Waals surface area contributed by atoms with Crippen LogP contribution in [-0.2, 0) is 11.3 Å². The Morgan fingerprint density at radius 3 is 3.06 bits per heavy atom. The molecule has 98 valence electrons. The fourth-order valence-electron chi connectivity index (χ4n) is 2.15. The van der Waals surface area contributed by atoms with Crippen LogP contribution in [0.4, 0.5) is 4.39 Å². The molecule has 2 atom stereocenters. The van der Waals surface area contributed by atoms with Crippen LogP contribution in [-0.4, -0.2) is 24.5 Å². The number of aryl methyl sites for hydroxylation is 1. The summed E-state index contributed by atoms with van der Waals surface area (Å²) >= 11 is 0. The van der Waals surface area contributed by atoms with Gasteiger partial charge in [0.15, 0.2) is 0 Å². The van der Waals surface area contributed by atoms with Gasteiger partial charge in [-0.05, 0) is 25.5 Å². The lowest BCUT2D eigenvalue weighted by atomic mass is 10.1. The van der Waals surface area contributed by atoms with Crippen LogP contribution in [0.2, 0.25) is 0 Å². The van der Waals surface area contributed by atoms with Crippen LogP contribution in [0.5, 0.6) is 0 Å². The fraction of sp³-hybridized carbons (Fsp3) is 0.462. The second-order valence-electron chi connectivity index (χ2n) is 4.65. The Morgan fingerprint density at radius 1 is 1.61 bits per heavy atom. The Balaban J connectivity index is 1.95. The highest BCUT2D eigenvalue weighted by Gasteiger charge is 2.29. The Morgan fingerprint density at radius 2 is 2.39 bits per heavy atom. The normalized spacial score (nSPS) is 23.1. The maximum atomic E-state index is 13.7. The summed E-state index contributed by atoms with van der Waals surface area (Å²) in [6.07, 6.45) is 0.789. The molecule has 1 heterocycles. The summed E-state index contributed by atoms with van der Waals surface area (Å²) in [6.45, 7) is 2.64. The van der Waals surface area contributed by atoms with E-state index in [1.54, 1.807) is 25.1 Å². The Labute approximate surface area is 106 Å². The van der Waals surface area contributed by atoms with Crippen molar-refractivity contribution in [3.63, 3.8) is 0 Å². The Bertz CT molecular complexity index is 450. The number of halogens is 1. The highest BCUT2D eigenvalue weighted by atomic mass is 19.1. The number of hydrogen-bond acceptors (Lipinski definition) is 3.